The van der Waals surface area contributed by atoms with E-state index < -0.39 is 5.91 Å². The zero-order chi connectivity index (χ0) is 18.1. The van der Waals surface area contributed by atoms with Gasteiger partial charge in [-0.25, -0.2) is 4.39 Å². The molecule has 130 valence electrons. The SMILES string of the molecule is Cc1ccc(NC(=O)COc2ccc(C)c3c2C(=O)C[C@@H]3C)cc1F. The van der Waals surface area contributed by atoms with E-state index in [0.29, 0.717) is 29.0 Å². The molecule has 1 aliphatic carbocycles. The van der Waals surface area contributed by atoms with E-state index in [4.69, 9.17) is 4.74 Å². The van der Waals surface area contributed by atoms with Gasteiger partial charge in [-0.2, -0.15) is 0 Å². The number of nitrogens with one attached hydrogen (secondary N) is 1. The lowest BCUT2D eigenvalue weighted by Crippen LogP contribution is -2.21. The van der Waals surface area contributed by atoms with Gasteiger partial charge in [-0.15, -0.1) is 0 Å². The van der Waals surface area contributed by atoms with Crippen LogP contribution in [0.4, 0.5) is 10.1 Å². The van der Waals surface area contributed by atoms with Crippen molar-refractivity contribution in [2.24, 2.45) is 0 Å². The van der Waals surface area contributed by atoms with Crippen LogP contribution in [0, 0.1) is 19.7 Å². The first-order chi connectivity index (χ1) is 11.9. The van der Waals surface area contributed by atoms with Crippen LogP contribution in [0.2, 0.25) is 0 Å². The summed E-state index contributed by atoms with van der Waals surface area (Å²) in [5, 5.41) is 2.59. The van der Waals surface area contributed by atoms with E-state index in [-0.39, 0.29) is 24.1 Å². The van der Waals surface area contributed by atoms with Crippen molar-refractivity contribution in [1.82, 2.24) is 0 Å². The van der Waals surface area contributed by atoms with E-state index in [1.807, 2.05) is 19.9 Å². The molecule has 0 bridgehead atoms. The van der Waals surface area contributed by atoms with Crippen LogP contribution in [0.25, 0.3) is 0 Å². The standard InChI is InChI=1S/C20H20FNO3/c1-11-4-6-14(9-15(11)21)22-18(24)10-25-17-7-5-12(2)19-13(3)8-16(23)20(17)19/h4-7,9,13H,8,10H2,1-3H3,(H,22,24)/t13-/m0/s1. The number of fused-ring (bicyclic) bond motifs is 1. The van der Waals surface area contributed by atoms with Gasteiger partial charge in [-0.1, -0.05) is 19.1 Å². The summed E-state index contributed by atoms with van der Waals surface area (Å²) in [4.78, 5) is 24.3. The summed E-state index contributed by atoms with van der Waals surface area (Å²) in [5.41, 5.74) is 3.53. The molecule has 0 aromatic heterocycles. The molecule has 0 saturated heterocycles. The monoisotopic (exact) mass is 341 g/mol. The van der Waals surface area contributed by atoms with Gasteiger partial charge in [0.05, 0.1) is 5.56 Å². The maximum Gasteiger partial charge on any atom is 0.262 e. The van der Waals surface area contributed by atoms with Gasteiger partial charge < -0.3 is 10.1 Å². The maximum atomic E-state index is 13.5. The van der Waals surface area contributed by atoms with Gasteiger partial charge in [0.15, 0.2) is 12.4 Å². The molecule has 1 atom stereocenters. The Bertz CT molecular complexity index is 860. The summed E-state index contributed by atoms with van der Waals surface area (Å²) < 4.78 is 19.1. The lowest BCUT2D eigenvalue weighted by molar-refractivity contribution is -0.118. The normalized spacial score (nSPS) is 15.8. The zero-order valence-corrected chi connectivity index (χ0v) is 14.5. The molecule has 0 unspecified atom stereocenters. The third-order valence-corrected chi connectivity index (χ3v) is 4.50. The number of halogens is 1. The summed E-state index contributed by atoms with van der Waals surface area (Å²) in [6.45, 7) is 5.39. The first kappa shape index (κ1) is 17.1. The average Bonchev–Trinajstić information content (AvgIpc) is 2.86. The molecule has 1 N–H and O–H groups in total. The molecule has 4 nitrogen and oxygen atoms in total. The number of rotatable bonds is 4. The van der Waals surface area contributed by atoms with Gasteiger partial charge >= 0.3 is 0 Å². The third kappa shape index (κ3) is 3.40. The number of carbonyl (C=O) groups excluding carboxylic acids is 2. The van der Waals surface area contributed by atoms with Crippen molar-refractivity contribution in [2.75, 3.05) is 11.9 Å². The Kier molecular flexibility index (Phi) is 4.57. The minimum Gasteiger partial charge on any atom is -0.483 e. The number of hydrogen-bond donors (Lipinski definition) is 1. The number of carbonyl (C=O) groups is 2. The maximum absolute atomic E-state index is 13.5. The summed E-state index contributed by atoms with van der Waals surface area (Å²) in [6, 6.07) is 8.12. The number of amides is 1. The second-order valence-corrected chi connectivity index (χ2v) is 6.50. The van der Waals surface area contributed by atoms with Gasteiger partial charge in [0.25, 0.3) is 5.91 Å². The smallest absolute Gasteiger partial charge is 0.262 e. The highest BCUT2D eigenvalue weighted by Crippen LogP contribution is 2.40. The third-order valence-electron chi connectivity index (χ3n) is 4.50. The topological polar surface area (TPSA) is 55.4 Å². The number of aryl methyl sites for hydroxylation is 2. The fourth-order valence-corrected chi connectivity index (χ4v) is 3.24. The number of hydrogen-bond acceptors (Lipinski definition) is 3. The molecule has 2 aromatic carbocycles. The second-order valence-electron chi connectivity index (χ2n) is 6.50. The van der Waals surface area contributed by atoms with E-state index in [1.54, 1.807) is 25.1 Å². The van der Waals surface area contributed by atoms with E-state index in [1.165, 1.54) is 6.07 Å². The molecule has 1 aliphatic rings. The predicted octanol–water partition coefficient (Wildman–Crippen LogP) is 4.15. The molecule has 0 spiro atoms. The first-order valence-electron chi connectivity index (χ1n) is 8.22. The van der Waals surface area contributed by atoms with Gasteiger partial charge in [0.1, 0.15) is 11.6 Å². The van der Waals surface area contributed by atoms with Crippen LogP contribution in [0.5, 0.6) is 5.75 Å². The Hall–Kier alpha value is -2.69. The molecular weight excluding hydrogens is 321 g/mol. The van der Waals surface area contributed by atoms with E-state index in [2.05, 4.69) is 5.32 Å². The largest absolute Gasteiger partial charge is 0.483 e. The molecule has 5 heteroatoms. The molecule has 3 rings (SSSR count). The van der Waals surface area contributed by atoms with Crippen LogP contribution in [0.3, 0.4) is 0 Å². The van der Waals surface area contributed by atoms with Crippen molar-refractivity contribution in [3.63, 3.8) is 0 Å². The van der Waals surface area contributed by atoms with Crippen molar-refractivity contribution < 1.29 is 18.7 Å². The molecule has 1 amide bonds. The van der Waals surface area contributed by atoms with Crippen LogP contribution in [-0.2, 0) is 4.79 Å². The van der Waals surface area contributed by atoms with E-state index in [9.17, 15) is 14.0 Å². The van der Waals surface area contributed by atoms with Gasteiger partial charge in [0, 0.05) is 12.1 Å². The van der Waals surface area contributed by atoms with E-state index >= 15 is 0 Å². The highest BCUT2D eigenvalue weighted by atomic mass is 19.1. The molecule has 0 aliphatic heterocycles. The van der Waals surface area contributed by atoms with Crippen molar-refractivity contribution >= 4 is 17.4 Å². The van der Waals surface area contributed by atoms with Crippen molar-refractivity contribution in [1.29, 1.82) is 0 Å². The summed E-state index contributed by atoms with van der Waals surface area (Å²) in [7, 11) is 0. The van der Waals surface area contributed by atoms with Gasteiger partial charge in [-0.3, -0.25) is 9.59 Å². The molecule has 0 fully saturated rings. The second kappa shape index (κ2) is 6.67. The minimum atomic E-state index is -0.406. The van der Waals surface area contributed by atoms with Crippen LogP contribution >= 0.6 is 0 Å². The summed E-state index contributed by atoms with van der Waals surface area (Å²) in [6.07, 6.45) is 0.464. The molecular formula is C20H20FNO3. The number of ether oxygens (including phenoxy) is 1. The quantitative estimate of drug-likeness (QED) is 0.909. The Balaban J connectivity index is 1.71. The predicted molar refractivity (Wildman–Crippen MR) is 93.8 cm³/mol. The zero-order valence-electron chi connectivity index (χ0n) is 14.5. The Morgan fingerprint density at radius 3 is 2.68 bits per heavy atom. The molecule has 25 heavy (non-hydrogen) atoms. The molecule has 0 saturated carbocycles. The van der Waals surface area contributed by atoms with Crippen LogP contribution < -0.4 is 10.1 Å². The molecule has 0 heterocycles. The minimum absolute atomic E-state index is 0.0437. The van der Waals surface area contributed by atoms with Gasteiger partial charge in [0.2, 0.25) is 0 Å². The lowest BCUT2D eigenvalue weighted by atomic mass is 9.97. The van der Waals surface area contributed by atoms with Crippen molar-refractivity contribution in [2.45, 2.75) is 33.1 Å². The average molecular weight is 341 g/mol. The molecule has 2 aromatic rings. The summed E-state index contributed by atoms with van der Waals surface area (Å²) >= 11 is 0. The van der Waals surface area contributed by atoms with Gasteiger partial charge in [-0.05, 0) is 54.7 Å². The van der Waals surface area contributed by atoms with Crippen molar-refractivity contribution in [3.8, 4) is 5.75 Å². The lowest BCUT2D eigenvalue weighted by Gasteiger charge is -2.13. The Morgan fingerprint density at radius 1 is 1.24 bits per heavy atom. The van der Waals surface area contributed by atoms with E-state index in [0.717, 1.165) is 11.1 Å². The highest BCUT2D eigenvalue weighted by Gasteiger charge is 2.31. The number of anilines is 1. The van der Waals surface area contributed by atoms with Crippen LogP contribution in [0.15, 0.2) is 30.3 Å². The van der Waals surface area contributed by atoms with Crippen LogP contribution in [0.1, 0.15) is 46.3 Å². The molecule has 0 radical (unpaired) electrons. The number of ketones is 1. The fourth-order valence-electron chi connectivity index (χ4n) is 3.24. The number of benzene rings is 2. The Morgan fingerprint density at radius 2 is 1.96 bits per heavy atom. The van der Waals surface area contributed by atoms with Crippen molar-refractivity contribution in [3.05, 3.63) is 58.4 Å². The first-order valence-corrected chi connectivity index (χ1v) is 8.22. The van der Waals surface area contributed by atoms with Crippen LogP contribution in [-0.4, -0.2) is 18.3 Å². The highest BCUT2D eigenvalue weighted by molar-refractivity contribution is 6.04. The summed E-state index contributed by atoms with van der Waals surface area (Å²) in [5.74, 6) is -0.150. The fraction of sp³-hybridized carbons (Fsp3) is 0.300. The Labute approximate surface area is 146 Å². The number of Topliss-reactive ketones (excluding diaryl/α,β-unsaturated/α-hetero) is 1.